The molecule has 0 amide bonds. The Balaban J connectivity index is 1.17. The lowest BCUT2D eigenvalue weighted by atomic mass is 9.76. The van der Waals surface area contributed by atoms with Gasteiger partial charge in [-0.05, 0) is 110 Å². The van der Waals surface area contributed by atoms with Crippen molar-refractivity contribution >= 4 is 21.5 Å². The predicted molar refractivity (Wildman–Crippen MR) is 165 cm³/mol. The highest BCUT2D eigenvalue weighted by atomic mass is 14.3. The number of hydrogen-bond acceptors (Lipinski definition) is 0. The van der Waals surface area contributed by atoms with Crippen molar-refractivity contribution in [1.29, 1.82) is 0 Å². The van der Waals surface area contributed by atoms with Crippen LogP contribution in [0.3, 0.4) is 0 Å². The largest absolute Gasteiger partial charge is 0.0619 e. The van der Waals surface area contributed by atoms with E-state index >= 15 is 0 Å². The summed E-state index contributed by atoms with van der Waals surface area (Å²) in [6.07, 6.45) is 5.74. The van der Waals surface area contributed by atoms with Crippen LogP contribution in [0.25, 0.3) is 32.7 Å². The van der Waals surface area contributed by atoms with Crippen LogP contribution in [-0.2, 0) is 25.7 Å². The summed E-state index contributed by atoms with van der Waals surface area (Å²) in [7, 11) is 0. The number of hydrogen-bond donors (Lipinski definition) is 0. The first-order valence-electron chi connectivity index (χ1n) is 14.5. The zero-order valence-electron chi connectivity index (χ0n) is 22.2. The summed E-state index contributed by atoms with van der Waals surface area (Å²) in [5.41, 5.74) is 12.1. The fraction of sp³-hybridized carbons (Fsp3) is 0.179. The molecule has 0 heterocycles. The second-order valence-electron chi connectivity index (χ2n) is 11.6. The van der Waals surface area contributed by atoms with Crippen LogP contribution in [0, 0.1) is 0 Å². The van der Waals surface area contributed by atoms with Gasteiger partial charge in [0.1, 0.15) is 0 Å². The van der Waals surface area contributed by atoms with Gasteiger partial charge in [0.15, 0.2) is 0 Å². The van der Waals surface area contributed by atoms with Crippen LogP contribution < -0.4 is 0 Å². The molecule has 0 aromatic heterocycles. The fourth-order valence-corrected chi connectivity index (χ4v) is 7.63. The lowest BCUT2D eigenvalue weighted by Crippen LogP contribution is -2.14. The fourth-order valence-electron chi connectivity index (χ4n) is 7.63. The summed E-state index contributed by atoms with van der Waals surface area (Å²) in [6, 6.07) is 45.7. The van der Waals surface area contributed by atoms with Crippen LogP contribution in [0.1, 0.15) is 51.6 Å². The molecule has 0 spiro atoms. The molecule has 0 saturated heterocycles. The summed E-state index contributed by atoms with van der Waals surface area (Å²) in [4.78, 5) is 0. The van der Waals surface area contributed by atoms with Crippen molar-refractivity contribution in [3.05, 3.63) is 155 Å². The molecule has 39 heavy (non-hydrogen) atoms. The van der Waals surface area contributed by atoms with E-state index in [1.54, 1.807) is 11.1 Å². The van der Waals surface area contributed by atoms with Gasteiger partial charge < -0.3 is 0 Å². The Kier molecular flexibility index (Phi) is 5.40. The molecule has 2 atom stereocenters. The Hall–Kier alpha value is -4.16. The molecular weight excluding hydrogens is 468 g/mol. The molecule has 6 aromatic rings. The van der Waals surface area contributed by atoms with Gasteiger partial charge in [-0.1, -0.05) is 121 Å². The Morgan fingerprint density at radius 2 is 0.923 bits per heavy atom. The third-order valence-electron chi connectivity index (χ3n) is 9.49. The highest BCUT2D eigenvalue weighted by Crippen LogP contribution is 2.44. The minimum absolute atomic E-state index is 0.522. The molecule has 0 nitrogen and oxygen atoms in total. The van der Waals surface area contributed by atoms with E-state index in [-0.39, 0.29) is 0 Å². The molecule has 2 aliphatic rings. The van der Waals surface area contributed by atoms with Gasteiger partial charge in [0.2, 0.25) is 0 Å². The first-order chi connectivity index (χ1) is 19.3. The summed E-state index contributed by atoms with van der Waals surface area (Å²) in [5.74, 6) is 1.07. The average Bonchev–Trinajstić information content (AvgIpc) is 3.46. The van der Waals surface area contributed by atoms with Gasteiger partial charge in [0, 0.05) is 0 Å². The minimum Gasteiger partial charge on any atom is -0.0619 e. The van der Waals surface area contributed by atoms with E-state index in [2.05, 4.69) is 121 Å². The van der Waals surface area contributed by atoms with Crippen LogP contribution in [0.2, 0.25) is 0 Å². The molecule has 0 saturated carbocycles. The van der Waals surface area contributed by atoms with Crippen LogP contribution in [-0.4, -0.2) is 0 Å². The number of aryl methyl sites for hydroxylation is 1. The minimum atomic E-state index is 0.522. The maximum Gasteiger partial charge on any atom is -0.00745 e. The van der Waals surface area contributed by atoms with Crippen molar-refractivity contribution in [2.45, 2.75) is 43.9 Å². The van der Waals surface area contributed by atoms with Crippen molar-refractivity contribution < 1.29 is 0 Å². The van der Waals surface area contributed by atoms with E-state index in [0.29, 0.717) is 11.8 Å². The summed E-state index contributed by atoms with van der Waals surface area (Å²) in [5, 5.41) is 5.61. The SMILES string of the molecule is c1ccc(C2CCc3c(ccc4ccccc34)C2)c(-c2ccccc2C2Cc3ccc4ccccc4c3C2)c1. The molecule has 0 N–H and O–H groups in total. The molecular formula is C39H32. The Bertz CT molecular complexity index is 1860. The van der Waals surface area contributed by atoms with Crippen LogP contribution >= 0.6 is 0 Å². The summed E-state index contributed by atoms with van der Waals surface area (Å²) >= 11 is 0. The standard InChI is InChI=1S/C39H32/c1-3-11-32-26(9-1)17-19-28-23-29(21-22-36(28)32)34-13-5-7-15-37(34)38-16-8-6-14-35(38)31-24-30-20-18-27-10-2-4-12-33(27)39(30)25-31/h1-20,29,31H,21-25H2. The lowest BCUT2D eigenvalue weighted by Gasteiger charge is -2.28. The molecule has 2 aliphatic carbocycles. The molecule has 0 heteroatoms. The van der Waals surface area contributed by atoms with Crippen molar-refractivity contribution in [1.82, 2.24) is 0 Å². The smallest absolute Gasteiger partial charge is 0.00745 e. The molecule has 8 rings (SSSR count). The molecule has 0 bridgehead atoms. The summed E-state index contributed by atoms with van der Waals surface area (Å²) < 4.78 is 0. The van der Waals surface area contributed by atoms with Gasteiger partial charge in [-0.15, -0.1) is 0 Å². The molecule has 188 valence electrons. The second kappa shape index (κ2) is 9.24. The van der Waals surface area contributed by atoms with Crippen molar-refractivity contribution in [2.75, 3.05) is 0 Å². The molecule has 6 aromatic carbocycles. The zero-order chi connectivity index (χ0) is 25.8. The van der Waals surface area contributed by atoms with Crippen molar-refractivity contribution in [3.63, 3.8) is 0 Å². The molecule has 2 unspecified atom stereocenters. The lowest BCUT2D eigenvalue weighted by molar-refractivity contribution is 0.589. The molecule has 0 radical (unpaired) electrons. The Morgan fingerprint density at radius 3 is 1.62 bits per heavy atom. The highest BCUT2D eigenvalue weighted by Gasteiger charge is 2.28. The van der Waals surface area contributed by atoms with E-state index in [0.717, 1.165) is 25.7 Å². The van der Waals surface area contributed by atoms with E-state index < -0.39 is 0 Å². The first kappa shape index (κ1) is 22.8. The molecule has 0 aliphatic heterocycles. The normalized spacial score (nSPS) is 18.3. The van der Waals surface area contributed by atoms with Gasteiger partial charge in [-0.3, -0.25) is 0 Å². The predicted octanol–water partition coefficient (Wildman–Crippen LogP) is 9.81. The zero-order valence-corrected chi connectivity index (χ0v) is 22.2. The van der Waals surface area contributed by atoms with Crippen LogP contribution in [0.5, 0.6) is 0 Å². The Labute approximate surface area is 231 Å². The van der Waals surface area contributed by atoms with Gasteiger partial charge in [-0.2, -0.15) is 0 Å². The van der Waals surface area contributed by atoms with Crippen LogP contribution in [0.4, 0.5) is 0 Å². The van der Waals surface area contributed by atoms with E-state index in [1.807, 2.05) is 0 Å². The number of fused-ring (bicyclic) bond motifs is 6. The van der Waals surface area contributed by atoms with Gasteiger partial charge in [0.05, 0.1) is 0 Å². The van der Waals surface area contributed by atoms with E-state index in [1.165, 1.54) is 61.3 Å². The number of rotatable bonds is 3. The average molecular weight is 501 g/mol. The third kappa shape index (κ3) is 3.81. The topological polar surface area (TPSA) is 0 Å². The van der Waals surface area contributed by atoms with Gasteiger partial charge in [-0.25, -0.2) is 0 Å². The van der Waals surface area contributed by atoms with Gasteiger partial charge >= 0.3 is 0 Å². The summed E-state index contributed by atoms with van der Waals surface area (Å²) in [6.45, 7) is 0. The van der Waals surface area contributed by atoms with Crippen molar-refractivity contribution in [3.8, 4) is 11.1 Å². The van der Waals surface area contributed by atoms with E-state index in [4.69, 9.17) is 0 Å². The van der Waals surface area contributed by atoms with Gasteiger partial charge in [0.25, 0.3) is 0 Å². The first-order valence-corrected chi connectivity index (χ1v) is 14.5. The maximum absolute atomic E-state index is 2.40. The van der Waals surface area contributed by atoms with E-state index in [9.17, 15) is 0 Å². The maximum atomic E-state index is 2.40. The quantitative estimate of drug-likeness (QED) is 0.227. The highest BCUT2D eigenvalue weighted by molar-refractivity contribution is 5.88. The molecule has 0 fully saturated rings. The Morgan fingerprint density at radius 1 is 0.410 bits per heavy atom. The third-order valence-corrected chi connectivity index (χ3v) is 9.49. The second-order valence-corrected chi connectivity index (χ2v) is 11.6. The monoisotopic (exact) mass is 500 g/mol. The van der Waals surface area contributed by atoms with Crippen molar-refractivity contribution in [2.24, 2.45) is 0 Å². The number of benzene rings is 6. The van der Waals surface area contributed by atoms with Crippen LogP contribution in [0.15, 0.2) is 121 Å².